The molecule has 0 spiro atoms. The van der Waals surface area contributed by atoms with Gasteiger partial charge in [-0.3, -0.25) is 0 Å². The van der Waals surface area contributed by atoms with Crippen molar-refractivity contribution in [2.75, 3.05) is 6.54 Å². The lowest BCUT2D eigenvalue weighted by molar-refractivity contribution is 0.0724. The summed E-state index contributed by atoms with van der Waals surface area (Å²) in [5, 5.41) is 10.1. The summed E-state index contributed by atoms with van der Waals surface area (Å²) in [7, 11) is 0. The number of nitrogens with two attached hydrogens (primary N) is 1. The van der Waals surface area contributed by atoms with Gasteiger partial charge in [-0.2, -0.15) is 0 Å². The second-order valence-corrected chi connectivity index (χ2v) is 5.29. The van der Waals surface area contributed by atoms with Gasteiger partial charge in [-0.15, -0.1) is 0 Å². The van der Waals surface area contributed by atoms with Crippen molar-refractivity contribution in [3.63, 3.8) is 0 Å². The van der Waals surface area contributed by atoms with Gasteiger partial charge >= 0.3 is 0 Å². The fourth-order valence-electron chi connectivity index (χ4n) is 2.44. The molecule has 1 atom stereocenters. The van der Waals surface area contributed by atoms with Crippen molar-refractivity contribution < 1.29 is 9.84 Å². The van der Waals surface area contributed by atoms with Crippen molar-refractivity contribution in [3.8, 4) is 11.5 Å². The maximum absolute atomic E-state index is 10.1. The van der Waals surface area contributed by atoms with Crippen molar-refractivity contribution in [2.24, 2.45) is 5.73 Å². The van der Waals surface area contributed by atoms with Crippen LogP contribution < -0.4 is 10.5 Å². The highest BCUT2D eigenvalue weighted by Crippen LogP contribution is 2.42. The molecule has 0 amide bonds. The highest BCUT2D eigenvalue weighted by molar-refractivity contribution is 5.58. The van der Waals surface area contributed by atoms with Gasteiger partial charge in [0.05, 0.1) is 0 Å². The van der Waals surface area contributed by atoms with Crippen LogP contribution >= 0.6 is 0 Å². The number of hydrogen-bond acceptors (Lipinski definition) is 3. The molecular weight excluding hydrogens is 214 g/mol. The highest BCUT2D eigenvalue weighted by atomic mass is 16.5. The van der Waals surface area contributed by atoms with Crippen molar-refractivity contribution >= 4 is 0 Å². The van der Waals surface area contributed by atoms with Gasteiger partial charge in [-0.25, -0.2) is 0 Å². The molecule has 0 aromatic heterocycles. The van der Waals surface area contributed by atoms with Crippen LogP contribution in [0.2, 0.25) is 0 Å². The third-order valence-corrected chi connectivity index (χ3v) is 4.02. The third kappa shape index (κ3) is 1.78. The fraction of sp³-hybridized carbons (Fsp3) is 0.571. The zero-order chi connectivity index (χ0) is 12.8. The standard InChI is InChI=1S/C14H21NO2/c1-8-9(2)13-11(10(3)12(8)16)5-6-14(4,7-15)17-13/h16H,5-7,15H2,1-4H3. The number of phenols is 1. The lowest BCUT2D eigenvalue weighted by Crippen LogP contribution is -2.43. The Morgan fingerprint density at radius 1 is 1.24 bits per heavy atom. The fourth-order valence-corrected chi connectivity index (χ4v) is 2.44. The van der Waals surface area contributed by atoms with Gasteiger partial charge < -0.3 is 15.6 Å². The van der Waals surface area contributed by atoms with E-state index in [2.05, 4.69) is 0 Å². The largest absolute Gasteiger partial charge is 0.507 e. The van der Waals surface area contributed by atoms with Crippen LogP contribution in [0.1, 0.15) is 35.6 Å². The Morgan fingerprint density at radius 3 is 2.47 bits per heavy atom. The first kappa shape index (κ1) is 12.2. The molecule has 0 aliphatic carbocycles. The van der Waals surface area contributed by atoms with E-state index in [1.165, 1.54) is 0 Å². The van der Waals surface area contributed by atoms with Crippen LogP contribution in [0.15, 0.2) is 0 Å². The Kier molecular flexibility index (Phi) is 2.82. The van der Waals surface area contributed by atoms with Gasteiger partial charge in [0.2, 0.25) is 0 Å². The molecule has 0 saturated heterocycles. The minimum absolute atomic E-state index is 0.270. The maximum Gasteiger partial charge on any atom is 0.127 e. The number of ether oxygens (including phenoxy) is 1. The summed E-state index contributed by atoms with van der Waals surface area (Å²) in [6, 6.07) is 0. The van der Waals surface area contributed by atoms with Crippen LogP contribution in [0.3, 0.4) is 0 Å². The summed E-state index contributed by atoms with van der Waals surface area (Å²) >= 11 is 0. The van der Waals surface area contributed by atoms with Crippen molar-refractivity contribution in [2.45, 2.75) is 46.1 Å². The van der Waals surface area contributed by atoms with Crippen LogP contribution in [-0.2, 0) is 6.42 Å². The number of phenolic OH excluding ortho intramolecular Hbond substituents is 1. The summed E-state index contributed by atoms with van der Waals surface area (Å²) in [6.07, 6.45) is 1.82. The SMILES string of the molecule is Cc1c(C)c2c(c(C)c1O)CCC(C)(CN)O2. The highest BCUT2D eigenvalue weighted by Gasteiger charge is 2.33. The summed E-state index contributed by atoms with van der Waals surface area (Å²) in [4.78, 5) is 0. The Morgan fingerprint density at radius 2 is 1.88 bits per heavy atom. The number of hydrogen-bond donors (Lipinski definition) is 2. The van der Waals surface area contributed by atoms with Gasteiger partial charge in [0, 0.05) is 12.1 Å². The Bertz CT molecular complexity index is 468. The van der Waals surface area contributed by atoms with Gasteiger partial charge in [0.15, 0.2) is 0 Å². The molecule has 0 fully saturated rings. The maximum atomic E-state index is 10.1. The predicted molar refractivity (Wildman–Crippen MR) is 68.7 cm³/mol. The first-order valence-electron chi connectivity index (χ1n) is 6.10. The summed E-state index contributed by atoms with van der Waals surface area (Å²) < 4.78 is 6.08. The molecule has 3 heteroatoms. The topological polar surface area (TPSA) is 55.5 Å². The first-order valence-corrected chi connectivity index (χ1v) is 6.10. The smallest absolute Gasteiger partial charge is 0.127 e. The molecule has 1 aliphatic heterocycles. The number of benzene rings is 1. The average molecular weight is 235 g/mol. The molecule has 17 heavy (non-hydrogen) atoms. The van der Waals surface area contributed by atoms with Crippen LogP contribution in [0.5, 0.6) is 11.5 Å². The number of aromatic hydroxyl groups is 1. The van der Waals surface area contributed by atoms with Gasteiger partial charge in [-0.1, -0.05) is 0 Å². The van der Waals surface area contributed by atoms with E-state index in [-0.39, 0.29) is 5.60 Å². The van der Waals surface area contributed by atoms with E-state index < -0.39 is 0 Å². The molecule has 2 rings (SSSR count). The molecule has 1 unspecified atom stereocenters. The van der Waals surface area contributed by atoms with E-state index in [1.54, 1.807) is 0 Å². The molecular formula is C14H21NO2. The van der Waals surface area contributed by atoms with Gasteiger partial charge in [0.25, 0.3) is 0 Å². The molecule has 1 heterocycles. The lowest BCUT2D eigenvalue weighted by atomic mass is 9.87. The lowest BCUT2D eigenvalue weighted by Gasteiger charge is -2.37. The summed E-state index contributed by atoms with van der Waals surface area (Å²) in [5.41, 5.74) is 9.52. The number of rotatable bonds is 1. The molecule has 1 aromatic rings. The van der Waals surface area contributed by atoms with Gasteiger partial charge in [0.1, 0.15) is 17.1 Å². The molecule has 3 N–H and O–H groups in total. The quantitative estimate of drug-likeness (QED) is 0.785. The first-order chi connectivity index (χ1) is 7.89. The molecule has 3 nitrogen and oxygen atoms in total. The minimum Gasteiger partial charge on any atom is -0.507 e. The molecule has 0 radical (unpaired) electrons. The van der Waals surface area contributed by atoms with E-state index in [4.69, 9.17) is 10.5 Å². The molecule has 1 aromatic carbocycles. The average Bonchev–Trinajstić information content (AvgIpc) is 2.33. The van der Waals surface area contributed by atoms with Crippen molar-refractivity contribution in [1.29, 1.82) is 0 Å². The Balaban J connectivity index is 2.59. The van der Waals surface area contributed by atoms with E-state index in [0.29, 0.717) is 12.3 Å². The van der Waals surface area contributed by atoms with Gasteiger partial charge in [-0.05, 0) is 57.2 Å². The molecule has 1 aliphatic rings. The van der Waals surface area contributed by atoms with Crippen molar-refractivity contribution in [1.82, 2.24) is 0 Å². The molecule has 0 bridgehead atoms. The monoisotopic (exact) mass is 235 g/mol. The van der Waals surface area contributed by atoms with E-state index in [0.717, 1.165) is 40.8 Å². The normalized spacial score (nSPS) is 23.1. The summed E-state index contributed by atoms with van der Waals surface area (Å²) in [6.45, 7) is 8.44. The van der Waals surface area contributed by atoms with E-state index in [9.17, 15) is 5.11 Å². The second kappa shape index (κ2) is 3.91. The second-order valence-electron chi connectivity index (χ2n) is 5.29. The van der Waals surface area contributed by atoms with Crippen molar-refractivity contribution in [3.05, 3.63) is 22.3 Å². The van der Waals surface area contributed by atoms with Crippen LogP contribution in [0.4, 0.5) is 0 Å². The Labute approximate surface area is 103 Å². The Hall–Kier alpha value is -1.22. The molecule has 0 saturated carbocycles. The molecule has 94 valence electrons. The van der Waals surface area contributed by atoms with Crippen LogP contribution in [0.25, 0.3) is 0 Å². The summed E-state index contributed by atoms with van der Waals surface area (Å²) in [5.74, 6) is 1.33. The van der Waals surface area contributed by atoms with Crippen LogP contribution in [0, 0.1) is 20.8 Å². The zero-order valence-electron chi connectivity index (χ0n) is 11.1. The zero-order valence-corrected chi connectivity index (χ0v) is 11.1. The number of fused-ring (bicyclic) bond motifs is 1. The van der Waals surface area contributed by atoms with E-state index in [1.807, 2.05) is 27.7 Å². The predicted octanol–water partition coefficient (Wildman–Crippen LogP) is 2.36. The minimum atomic E-state index is -0.270. The van der Waals surface area contributed by atoms with E-state index >= 15 is 0 Å². The third-order valence-electron chi connectivity index (χ3n) is 4.02. The van der Waals surface area contributed by atoms with Crippen LogP contribution in [-0.4, -0.2) is 17.3 Å².